The molecular weight excluding hydrogens is 156 g/mol. The van der Waals surface area contributed by atoms with E-state index in [1.807, 2.05) is 6.92 Å². The lowest BCUT2D eigenvalue weighted by Crippen LogP contribution is -2.12. The van der Waals surface area contributed by atoms with E-state index in [-0.39, 0.29) is 5.84 Å². The molecule has 4 N–H and O–H groups in total. The van der Waals surface area contributed by atoms with Gasteiger partial charge in [0.2, 0.25) is 0 Å². The van der Waals surface area contributed by atoms with E-state index in [9.17, 15) is 0 Å². The van der Waals surface area contributed by atoms with E-state index < -0.39 is 0 Å². The molecule has 0 aliphatic rings. The normalized spacial score (nSPS) is 10.1. The smallest absolute Gasteiger partial charge is 0.126 e. The highest BCUT2D eigenvalue weighted by Crippen LogP contribution is 2.07. The zero-order valence-electron chi connectivity index (χ0n) is 6.91. The maximum Gasteiger partial charge on any atom is 0.126 e. The summed E-state index contributed by atoms with van der Waals surface area (Å²) >= 11 is 0. The lowest BCUT2D eigenvalue weighted by molar-refractivity contribution is 0.147. The fourth-order valence-electron chi connectivity index (χ4n) is 1.04. The second-order valence-corrected chi connectivity index (χ2v) is 2.57. The van der Waals surface area contributed by atoms with E-state index in [2.05, 4.69) is 5.10 Å². The van der Waals surface area contributed by atoms with Crippen LogP contribution >= 0.6 is 0 Å². The Bertz CT molecular complexity index is 292. The van der Waals surface area contributed by atoms with Gasteiger partial charge in [-0.1, -0.05) is 13.3 Å². The zero-order chi connectivity index (χ0) is 9.14. The van der Waals surface area contributed by atoms with Crippen molar-refractivity contribution in [2.45, 2.75) is 19.8 Å². The largest absolute Gasteiger partial charge is 0.412 e. The standard InChI is InChI=1S/C7H12N4O/c1-2-3-6-5(7(8)9)4-11(12)10-6/h4,12H,2-3H2,1H3,(H3,8,9). The van der Waals surface area contributed by atoms with E-state index in [4.69, 9.17) is 16.4 Å². The third-order valence-corrected chi connectivity index (χ3v) is 1.56. The quantitative estimate of drug-likeness (QED) is 0.346. The number of amidine groups is 1. The number of hydrogen-bond acceptors (Lipinski definition) is 3. The van der Waals surface area contributed by atoms with Crippen molar-refractivity contribution >= 4 is 5.84 Å². The predicted molar refractivity (Wildman–Crippen MR) is 44.4 cm³/mol. The van der Waals surface area contributed by atoms with Crippen molar-refractivity contribution in [1.29, 1.82) is 5.41 Å². The van der Waals surface area contributed by atoms with Crippen LogP contribution in [-0.2, 0) is 6.42 Å². The summed E-state index contributed by atoms with van der Waals surface area (Å²) in [6.07, 6.45) is 2.98. The molecule has 0 aliphatic carbocycles. The van der Waals surface area contributed by atoms with Crippen molar-refractivity contribution in [3.05, 3.63) is 17.5 Å². The average molecular weight is 168 g/mol. The minimum absolute atomic E-state index is 0.0567. The molecule has 0 radical (unpaired) electrons. The van der Waals surface area contributed by atoms with Crippen LogP contribution in [0, 0.1) is 5.41 Å². The number of nitrogens with two attached hydrogens (primary N) is 1. The molecule has 0 saturated carbocycles. The second kappa shape index (κ2) is 3.25. The molecule has 0 aromatic carbocycles. The molecule has 1 rings (SSSR count). The molecule has 5 heteroatoms. The molecule has 12 heavy (non-hydrogen) atoms. The van der Waals surface area contributed by atoms with Crippen molar-refractivity contribution < 1.29 is 5.21 Å². The van der Waals surface area contributed by atoms with Crippen LogP contribution in [0.25, 0.3) is 0 Å². The summed E-state index contributed by atoms with van der Waals surface area (Å²) in [6.45, 7) is 2.00. The highest BCUT2D eigenvalue weighted by molar-refractivity contribution is 5.95. The molecular formula is C7H12N4O. The topological polar surface area (TPSA) is 87.9 Å². The van der Waals surface area contributed by atoms with Crippen LogP contribution in [0.3, 0.4) is 0 Å². The van der Waals surface area contributed by atoms with Gasteiger partial charge in [0.05, 0.1) is 17.5 Å². The predicted octanol–water partition coefficient (Wildman–Crippen LogP) is 0.357. The van der Waals surface area contributed by atoms with Gasteiger partial charge in [0.1, 0.15) is 5.84 Å². The Morgan fingerprint density at radius 2 is 2.50 bits per heavy atom. The van der Waals surface area contributed by atoms with Gasteiger partial charge in [-0.25, -0.2) is 0 Å². The van der Waals surface area contributed by atoms with Crippen molar-refractivity contribution in [3.63, 3.8) is 0 Å². The van der Waals surface area contributed by atoms with E-state index in [0.717, 1.165) is 12.8 Å². The Morgan fingerprint density at radius 1 is 1.83 bits per heavy atom. The Kier molecular flexibility index (Phi) is 2.32. The number of nitrogens with zero attached hydrogens (tertiary/aromatic N) is 2. The van der Waals surface area contributed by atoms with Crippen molar-refractivity contribution in [1.82, 2.24) is 9.94 Å². The Morgan fingerprint density at radius 3 is 3.00 bits per heavy atom. The van der Waals surface area contributed by atoms with Crippen LogP contribution in [0.2, 0.25) is 0 Å². The van der Waals surface area contributed by atoms with Gasteiger partial charge in [-0.2, -0.15) is 0 Å². The van der Waals surface area contributed by atoms with Crippen molar-refractivity contribution in [2.24, 2.45) is 5.73 Å². The molecule has 0 amide bonds. The van der Waals surface area contributed by atoms with Crippen LogP contribution in [-0.4, -0.2) is 21.0 Å². The number of rotatable bonds is 3. The van der Waals surface area contributed by atoms with E-state index in [0.29, 0.717) is 16.1 Å². The molecule has 0 unspecified atom stereocenters. The fraction of sp³-hybridized carbons (Fsp3) is 0.429. The van der Waals surface area contributed by atoms with Gasteiger partial charge < -0.3 is 10.9 Å². The van der Waals surface area contributed by atoms with Gasteiger partial charge in [0.25, 0.3) is 0 Å². The van der Waals surface area contributed by atoms with Crippen LogP contribution in [0.5, 0.6) is 0 Å². The summed E-state index contributed by atoms with van der Waals surface area (Å²) in [4.78, 5) is 0.696. The first-order valence-electron chi connectivity index (χ1n) is 3.77. The molecule has 0 atom stereocenters. The first kappa shape index (κ1) is 8.58. The third-order valence-electron chi connectivity index (χ3n) is 1.56. The van der Waals surface area contributed by atoms with Gasteiger partial charge >= 0.3 is 0 Å². The molecule has 1 aromatic rings. The van der Waals surface area contributed by atoms with Crippen LogP contribution in [0.1, 0.15) is 24.6 Å². The number of aromatic nitrogens is 2. The first-order chi connectivity index (χ1) is 5.65. The molecule has 0 spiro atoms. The highest BCUT2D eigenvalue weighted by atomic mass is 16.5. The van der Waals surface area contributed by atoms with E-state index in [1.165, 1.54) is 6.20 Å². The monoisotopic (exact) mass is 168 g/mol. The molecule has 66 valence electrons. The number of aryl methyl sites for hydroxylation is 1. The third kappa shape index (κ3) is 1.55. The van der Waals surface area contributed by atoms with Gasteiger partial charge in [0, 0.05) is 0 Å². The first-order valence-corrected chi connectivity index (χ1v) is 3.77. The SMILES string of the molecule is CCCc1nn(O)cc1C(=N)N. The minimum atomic E-state index is -0.0567. The summed E-state index contributed by atoms with van der Waals surface area (Å²) in [5.41, 5.74) is 6.46. The molecule has 1 heterocycles. The summed E-state index contributed by atoms with van der Waals surface area (Å²) in [5, 5.41) is 19.9. The van der Waals surface area contributed by atoms with Gasteiger partial charge in [0.15, 0.2) is 0 Å². The van der Waals surface area contributed by atoms with Crippen LogP contribution in [0.15, 0.2) is 6.20 Å². The highest BCUT2D eigenvalue weighted by Gasteiger charge is 2.09. The van der Waals surface area contributed by atoms with Gasteiger partial charge in [-0.3, -0.25) is 5.41 Å². The number of nitrogens with one attached hydrogen (secondary N) is 1. The van der Waals surface area contributed by atoms with E-state index >= 15 is 0 Å². The fourth-order valence-corrected chi connectivity index (χ4v) is 1.04. The summed E-state index contributed by atoms with van der Waals surface area (Å²) in [5.74, 6) is -0.0567. The van der Waals surface area contributed by atoms with Crippen LogP contribution in [0.4, 0.5) is 0 Å². The minimum Gasteiger partial charge on any atom is -0.412 e. The van der Waals surface area contributed by atoms with Crippen molar-refractivity contribution in [3.8, 4) is 0 Å². The lowest BCUT2D eigenvalue weighted by Gasteiger charge is -1.95. The van der Waals surface area contributed by atoms with Gasteiger partial charge in [-0.15, -0.1) is 9.94 Å². The molecule has 0 aliphatic heterocycles. The zero-order valence-corrected chi connectivity index (χ0v) is 6.91. The Labute approximate surface area is 70.3 Å². The summed E-state index contributed by atoms with van der Waals surface area (Å²) < 4.78 is 0. The Balaban J connectivity index is 2.99. The number of hydrogen-bond donors (Lipinski definition) is 3. The number of nitrogen functional groups attached to an aromatic ring is 1. The lowest BCUT2D eigenvalue weighted by atomic mass is 10.1. The molecule has 5 nitrogen and oxygen atoms in total. The van der Waals surface area contributed by atoms with Crippen molar-refractivity contribution in [2.75, 3.05) is 0 Å². The van der Waals surface area contributed by atoms with Crippen LogP contribution < -0.4 is 5.73 Å². The van der Waals surface area contributed by atoms with E-state index in [1.54, 1.807) is 0 Å². The summed E-state index contributed by atoms with van der Waals surface area (Å²) in [6, 6.07) is 0. The maximum absolute atomic E-state index is 8.96. The Hall–Kier alpha value is -1.52. The molecule has 1 aromatic heterocycles. The van der Waals surface area contributed by atoms with Gasteiger partial charge in [-0.05, 0) is 6.42 Å². The molecule has 0 saturated heterocycles. The molecule has 0 bridgehead atoms. The molecule has 0 fully saturated rings. The average Bonchev–Trinajstić information content (AvgIpc) is 2.32. The second-order valence-electron chi connectivity index (χ2n) is 2.57. The summed E-state index contributed by atoms with van der Waals surface area (Å²) in [7, 11) is 0. The maximum atomic E-state index is 8.96.